The second kappa shape index (κ2) is 5.37. The number of hydrogen-bond donors (Lipinski definition) is 1. The van der Waals surface area contributed by atoms with Gasteiger partial charge in [0.2, 0.25) is 0 Å². The zero-order valence-electron chi connectivity index (χ0n) is 10.6. The van der Waals surface area contributed by atoms with E-state index in [1.807, 2.05) is 17.9 Å². The second-order valence-corrected chi connectivity index (χ2v) is 4.83. The van der Waals surface area contributed by atoms with Crippen LogP contribution < -0.4 is 0 Å². The van der Waals surface area contributed by atoms with E-state index < -0.39 is 17.7 Å². The average molecular weight is 262 g/mol. The molecule has 1 fully saturated rings. The van der Waals surface area contributed by atoms with Gasteiger partial charge in [-0.05, 0) is 26.0 Å². The Hall–Kier alpha value is -1.93. The average Bonchev–Trinajstić information content (AvgIpc) is 2.74. The summed E-state index contributed by atoms with van der Waals surface area (Å²) in [6.07, 6.45) is 0.579. The van der Waals surface area contributed by atoms with Gasteiger partial charge in [-0.15, -0.1) is 0 Å². The van der Waals surface area contributed by atoms with E-state index >= 15 is 0 Å². The van der Waals surface area contributed by atoms with Crippen molar-refractivity contribution in [1.29, 1.82) is 5.26 Å². The maximum absolute atomic E-state index is 13.9. The van der Waals surface area contributed by atoms with Gasteiger partial charge >= 0.3 is 5.97 Å². The number of rotatable bonds is 3. The van der Waals surface area contributed by atoms with Crippen LogP contribution in [0.4, 0.5) is 4.39 Å². The number of likely N-dealkylation sites (tertiary alicyclic amines) is 1. The quantitative estimate of drug-likeness (QED) is 0.904. The summed E-state index contributed by atoms with van der Waals surface area (Å²) in [5.41, 5.74) is 0.469. The first-order valence-electron chi connectivity index (χ1n) is 6.19. The van der Waals surface area contributed by atoms with E-state index in [-0.39, 0.29) is 11.6 Å². The second-order valence-electron chi connectivity index (χ2n) is 4.83. The minimum Gasteiger partial charge on any atom is -0.481 e. The van der Waals surface area contributed by atoms with Crippen molar-refractivity contribution in [2.75, 3.05) is 6.54 Å². The number of benzene rings is 1. The summed E-state index contributed by atoms with van der Waals surface area (Å²) in [5.74, 6) is -1.71. The first kappa shape index (κ1) is 13.5. The Balaban J connectivity index is 2.15. The Kier molecular flexibility index (Phi) is 3.82. The first-order chi connectivity index (χ1) is 9.04. The predicted molar refractivity (Wildman–Crippen MR) is 66.7 cm³/mol. The SMILES string of the molecule is CC1C(C(=O)O)CCN1Cc1cccc(C#N)c1F. The minimum absolute atomic E-state index is 0.0270. The van der Waals surface area contributed by atoms with Crippen molar-refractivity contribution < 1.29 is 14.3 Å². The number of aliphatic carboxylic acids is 1. The van der Waals surface area contributed by atoms with Crippen LogP contribution >= 0.6 is 0 Å². The Morgan fingerprint density at radius 3 is 2.95 bits per heavy atom. The lowest BCUT2D eigenvalue weighted by molar-refractivity contribution is -0.142. The topological polar surface area (TPSA) is 64.3 Å². The lowest BCUT2D eigenvalue weighted by atomic mass is 10.0. The molecule has 0 bridgehead atoms. The van der Waals surface area contributed by atoms with Crippen LogP contribution in [0.2, 0.25) is 0 Å². The van der Waals surface area contributed by atoms with Crippen LogP contribution in [0, 0.1) is 23.1 Å². The van der Waals surface area contributed by atoms with Gasteiger partial charge in [0.1, 0.15) is 11.9 Å². The highest BCUT2D eigenvalue weighted by molar-refractivity contribution is 5.71. The summed E-state index contributed by atoms with van der Waals surface area (Å²) in [7, 11) is 0. The van der Waals surface area contributed by atoms with E-state index in [9.17, 15) is 9.18 Å². The highest BCUT2D eigenvalue weighted by Crippen LogP contribution is 2.27. The summed E-state index contributed by atoms with van der Waals surface area (Å²) in [6.45, 7) is 2.82. The molecule has 4 nitrogen and oxygen atoms in total. The zero-order chi connectivity index (χ0) is 14.0. The lowest BCUT2D eigenvalue weighted by Crippen LogP contribution is -2.32. The third kappa shape index (κ3) is 2.59. The van der Waals surface area contributed by atoms with E-state index in [1.54, 1.807) is 12.1 Å². The summed E-state index contributed by atoms with van der Waals surface area (Å²) in [4.78, 5) is 13.0. The predicted octanol–water partition coefficient (Wildman–Crippen LogP) is 1.99. The smallest absolute Gasteiger partial charge is 0.308 e. The number of hydrogen-bond acceptors (Lipinski definition) is 3. The Labute approximate surface area is 111 Å². The molecule has 0 aliphatic carbocycles. The lowest BCUT2D eigenvalue weighted by Gasteiger charge is -2.23. The molecule has 1 N–H and O–H groups in total. The van der Waals surface area contributed by atoms with Crippen LogP contribution in [-0.4, -0.2) is 28.6 Å². The van der Waals surface area contributed by atoms with Gasteiger partial charge in [-0.1, -0.05) is 12.1 Å². The largest absolute Gasteiger partial charge is 0.481 e. The molecule has 1 saturated heterocycles. The van der Waals surface area contributed by atoms with Crippen molar-refractivity contribution >= 4 is 5.97 Å². The highest BCUT2D eigenvalue weighted by Gasteiger charge is 2.35. The molecule has 0 saturated carbocycles. The van der Waals surface area contributed by atoms with Crippen LogP contribution in [0.1, 0.15) is 24.5 Å². The van der Waals surface area contributed by atoms with E-state index in [0.29, 0.717) is 25.1 Å². The molecule has 2 rings (SSSR count). The normalized spacial score (nSPS) is 23.2. The van der Waals surface area contributed by atoms with E-state index in [1.165, 1.54) is 6.07 Å². The zero-order valence-corrected chi connectivity index (χ0v) is 10.6. The van der Waals surface area contributed by atoms with Gasteiger partial charge in [0, 0.05) is 18.2 Å². The fraction of sp³-hybridized carbons (Fsp3) is 0.429. The molecular weight excluding hydrogens is 247 g/mol. The minimum atomic E-state index is -0.804. The van der Waals surface area contributed by atoms with Crippen molar-refractivity contribution in [3.63, 3.8) is 0 Å². The fourth-order valence-corrected chi connectivity index (χ4v) is 2.56. The van der Waals surface area contributed by atoms with Crippen molar-refractivity contribution in [2.24, 2.45) is 5.92 Å². The first-order valence-corrected chi connectivity index (χ1v) is 6.19. The van der Waals surface area contributed by atoms with Crippen molar-refractivity contribution in [1.82, 2.24) is 4.90 Å². The van der Waals surface area contributed by atoms with Crippen LogP contribution in [0.25, 0.3) is 0 Å². The van der Waals surface area contributed by atoms with Gasteiger partial charge in [-0.3, -0.25) is 9.69 Å². The standard InChI is InChI=1S/C14H15FN2O2/c1-9-12(14(18)19)5-6-17(9)8-11-4-2-3-10(7-16)13(11)15/h2-4,9,12H,5-6,8H2,1H3,(H,18,19). The molecule has 0 radical (unpaired) electrons. The van der Waals surface area contributed by atoms with Crippen LogP contribution in [0.15, 0.2) is 18.2 Å². The molecule has 0 amide bonds. The molecule has 0 spiro atoms. The van der Waals surface area contributed by atoms with Gasteiger partial charge in [-0.25, -0.2) is 4.39 Å². The molecule has 19 heavy (non-hydrogen) atoms. The van der Waals surface area contributed by atoms with Crippen molar-refractivity contribution in [3.8, 4) is 6.07 Å². The van der Waals surface area contributed by atoms with Gasteiger partial charge < -0.3 is 5.11 Å². The molecule has 1 heterocycles. The molecule has 1 aliphatic rings. The van der Waals surface area contributed by atoms with E-state index in [4.69, 9.17) is 10.4 Å². The third-order valence-electron chi connectivity index (χ3n) is 3.78. The molecule has 0 aromatic heterocycles. The molecular formula is C14H15FN2O2. The Morgan fingerprint density at radius 2 is 2.37 bits per heavy atom. The van der Waals surface area contributed by atoms with Crippen LogP contribution in [-0.2, 0) is 11.3 Å². The fourth-order valence-electron chi connectivity index (χ4n) is 2.56. The van der Waals surface area contributed by atoms with Crippen LogP contribution in [0.3, 0.4) is 0 Å². The van der Waals surface area contributed by atoms with Gasteiger partial charge in [-0.2, -0.15) is 5.26 Å². The number of nitriles is 1. The van der Waals surface area contributed by atoms with Crippen molar-refractivity contribution in [2.45, 2.75) is 25.9 Å². The van der Waals surface area contributed by atoms with E-state index in [2.05, 4.69) is 0 Å². The van der Waals surface area contributed by atoms with Gasteiger partial charge in [0.05, 0.1) is 11.5 Å². The maximum atomic E-state index is 13.9. The number of carboxylic acid groups (broad SMARTS) is 1. The molecule has 100 valence electrons. The Morgan fingerprint density at radius 1 is 1.63 bits per heavy atom. The molecule has 5 heteroatoms. The third-order valence-corrected chi connectivity index (χ3v) is 3.78. The highest BCUT2D eigenvalue weighted by atomic mass is 19.1. The van der Waals surface area contributed by atoms with Crippen molar-refractivity contribution in [3.05, 3.63) is 35.1 Å². The number of halogens is 1. The van der Waals surface area contributed by atoms with E-state index in [0.717, 1.165) is 0 Å². The Bertz CT molecular complexity index is 539. The summed E-state index contributed by atoms with van der Waals surface area (Å²) in [6, 6.07) is 6.41. The monoisotopic (exact) mass is 262 g/mol. The molecule has 2 unspecified atom stereocenters. The van der Waals surface area contributed by atoms with Gasteiger partial charge in [0.15, 0.2) is 0 Å². The number of nitrogens with zero attached hydrogens (tertiary/aromatic N) is 2. The number of carboxylic acids is 1. The van der Waals surface area contributed by atoms with Crippen LogP contribution in [0.5, 0.6) is 0 Å². The number of carbonyl (C=O) groups is 1. The molecule has 1 aromatic rings. The summed E-state index contributed by atoms with van der Waals surface area (Å²) >= 11 is 0. The molecule has 1 aromatic carbocycles. The van der Waals surface area contributed by atoms with Gasteiger partial charge in [0.25, 0.3) is 0 Å². The summed E-state index contributed by atoms with van der Waals surface area (Å²) < 4.78 is 13.9. The maximum Gasteiger partial charge on any atom is 0.308 e. The molecule has 2 atom stereocenters. The summed E-state index contributed by atoms with van der Waals surface area (Å²) in [5, 5.41) is 17.8. The molecule has 1 aliphatic heterocycles.